The van der Waals surface area contributed by atoms with Gasteiger partial charge in [0.1, 0.15) is 0 Å². The van der Waals surface area contributed by atoms with Gasteiger partial charge in [-0.1, -0.05) is 30.8 Å². The zero-order chi connectivity index (χ0) is 23.8. The minimum absolute atomic E-state index is 0.0846. The van der Waals surface area contributed by atoms with Crippen LogP contribution in [0.4, 0.5) is 0 Å². The van der Waals surface area contributed by atoms with Gasteiger partial charge in [0.05, 0.1) is 5.92 Å². The third kappa shape index (κ3) is 7.28. The first-order valence-electron chi connectivity index (χ1n) is 11.3. The van der Waals surface area contributed by atoms with Gasteiger partial charge in [-0.15, -0.1) is 0 Å². The molecule has 1 unspecified atom stereocenters. The van der Waals surface area contributed by atoms with Crippen LogP contribution in [0.1, 0.15) is 59.9 Å². The number of aryl methyl sites for hydroxylation is 2. The first-order valence-corrected chi connectivity index (χ1v) is 12.3. The van der Waals surface area contributed by atoms with Crippen molar-refractivity contribution >= 4 is 29.5 Å². The zero-order valence-corrected chi connectivity index (χ0v) is 20.2. The number of amides is 3. The highest BCUT2D eigenvalue weighted by atomic mass is 32.2. The second-order valence-corrected chi connectivity index (χ2v) is 9.23. The van der Waals surface area contributed by atoms with E-state index in [2.05, 4.69) is 20.8 Å². The fraction of sp³-hybridized carbons (Fsp3) is 0.458. The Morgan fingerprint density at radius 3 is 2.45 bits per heavy atom. The lowest BCUT2D eigenvalue weighted by molar-refractivity contribution is -0.136. The fourth-order valence-electron chi connectivity index (χ4n) is 3.74. The van der Waals surface area contributed by atoms with Crippen LogP contribution in [0.25, 0.3) is 0 Å². The summed E-state index contributed by atoms with van der Waals surface area (Å²) in [6, 6.07) is 9.15. The van der Waals surface area contributed by atoms with Gasteiger partial charge in [0.15, 0.2) is 5.16 Å². The third-order valence-corrected chi connectivity index (χ3v) is 6.37. The van der Waals surface area contributed by atoms with Crippen LogP contribution >= 0.6 is 11.8 Å². The molecule has 33 heavy (non-hydrogen) atoms. The summed E-state index contributed by atoms with van der Waals surface area (Å²) >= 11 is 1.54. The number of nitrogens with one attached hydrogen (secondary N) is 2. The van der Waals surface area contributed by atoms with Crippen LogP contribution in [0.3, 0.4) is 0 Å². The quantitative estimate of drug-likeness (QED) is 0.367. The number of hydrogen-bond acceptors (Lipinski definition) is 6. The van der Waals surface area contributed by atoms with Gasteiger partial charge in [0, 0.05) is 42.2 Å². The van der Waals surface area contributed by atoms with Crippen LogP contribution in [-0.4, -0.2) is 45.7 Å². The van der Waals surface area contributed by atoms with Crippen molar-refractivity contribution in [1.29, 1.82) is 0 Å². The largest absolute Gasteiger partial charge is 0.342 e. The molecule has 2 heterocycles. The molecule has 0 saturated carbocycles. The summed E-state index contributed by atoms with van der Waals surface area (Å²) in [5.74, 6) is -0.182. The molecule has 2 aromatic rings. The van der Waals surface area contributed by atoms with E-state index in [0.717, 1.165) is 34.9 Å². The Hall–Kier alpha value is -2.94. The van der Waals surface area contributed by atoms with Gasteiger partial charge >= 0.3 is 0 Å². The lowest BCUT2D eigenvalue weighted by Gasteiger charge is -2.32. The van der Waals surface area contributed by atoms with Crippen molar-refractivity contribution in [2.75, 3.05) is 13.1 Å². The van der Waals surface area contributed by atoms with Gasteiger partial charge in [0.2, 0.25) is 11.8 Å². The van der Waals surface area contributed by atoms with Crippen molar-refractivity contribution in [2.45, 2.75) is 57.4 Å². The molecule has 1 aliphatic heterocycles. The zero-order valence-electron chi connectivity index (χ0n) is 19.4. The Bertz CT molecular complexity index is 976. The maximum absolute atomic E-state index is 12.5. The van der Waals surface area contributed by atoms with Crippen molar-refractivity contribution in [1.82, 2.24) is 25.7 Å². The van der Waals surface area contributed by atoms with Crippen molar-refractivity contribution in [2.24, 2.45) is 5.92 Å². The van der Waals surface area contributed by atoms with Gasteiger partial charge in [-0.3, -0.25) is 25.2 Å². The SMILES string of the molecule is CCCC(=O)N1CCCC(C(=O)NNC(=O)c2ccc(CSc3nc(C)cc(C)n3)cc2)C1. The fourth-order valence-corrected chi connectivity index (χ4v) is 4.65. The highest BCUT2D eigenvalue weighted by molar-refractivity contribution is 7.98. The summed E-state index contributed by atoms with van der Waals surface area (Å²) in [4.78, 5) is 47.7. The summed E-state index contributed by atoms with van der Waals surface area (Å²) in [5.41, 5.74) is 8.38. The topological polar surface area (TPSA) is 104 Å². The van der Waals surface area contributed by atoms with Crippen LogP contribution < -0.4 is 10.9 Å². The Labute approximate surface area is 198 Å². The average molecular weight is 470 g/mol. The average Bonchev–Trinajstić information content (AvgIpc) is 2.81. The minimum Gasteiger partial charge on any atom is -0.342 e. The standard InChI is InChI=1S/C24H31N5O3S/c1-4-6-21(30)29-12-5-7-20(14-29)23(32)28-27-22(31)19-10-8-18(9-11-19)15-33-24-25-16(2)13-17(3)26-24/h8-11,13,20H,4-7,12,14-15H2,1-3H3,(H,27,31)(H,28,32). The van der Waals surface area contributed by atoms with Crippen LogP contribution in [0.5, 0.6) is 0 Å². The van der Waals surface area contributed by atoms with Gasteiger partial charge in [-0.05, 0) is 56.9 Å². The first kappa shape index (κ1) is 24.7. The van der Waals surface area contributed by atoms with E-state index in [0.29, 0.717) is 37.2 Å². The maximum atomic E-state index is 12.5. The van der Waals surface area contributed by atoms with Crippen molar-refractivity contribution in [3.05, 3.63) is 52.8 Å². The molecule has 9 heteroatoms. The summed E-state index contributed by atoms with van der Waals surface area (Å²) in [6.45, 7) is 6.95. The number of piperidine rings is 1. The van der Waals surface area contributed by atoms with Crippen molar-refractivity contribution in [3.8, 4) is 0 Å². The third-order valence-electron chi connectivity index (χ3n) is 5.45. The van der Waals surface area contributed by atoms with Crippen molar-refractivity contribution < 1.29 is 14.4 Å². The highest BCUT2D eigenvalue weighted by Crippen LogP contribution is 2.20. The molecule has 2 N–H and O–H groups in total. The molecular weight excluding hydrogens is 438 g/mol. The summed E-state index contributed by atoms with van der Waals surface area (Å²) in [5, 5.41) is 0.731. The van der Waals surface area contributed by atoms with Gasteiger partial charge < -0.3 is 4.90 Å². The number of likely N-dealkylation sites (tertiary alicyclic amines) is 1. The molecule has 0 spiro atoms. The molecule has 1 aromatic heterocycles. The molecule has 1 saturated heterocycles. The van der Waals surface area contributed by atoms with Crippen LogP contribution in [0.2, 0.25) is 0 Å². The Morgan fingerprint density at radius 2 is 1.79 bits per heavy atom. The first-order chi connectivity index (χ1) is 15.9. The number of carbonyl (C=O) groups excluding carboxylic acids is 3. The van der Waals surface area contributed by atoms with E-state index in [1.54, 1.807) is 28.8 Å². The molecule has 176 valence electrons. The number of carbonyl (C=O) groups is 3. The lowest BCUT2D eigenvalue weighted by Crippen LogP contribution is -2.50. The molecular formula is C24H31N5O3S. The predicted molar refractivity (Wildman–Crippen MR) is 127 cm³/mol. The lowest BCUT2D eigenvalue weighted by atomic mass is 9.97. The molecule has 1 aromatic carbocycles. The molecule has 1 aliphatic rings. The molecule has 1 atom stereocenters. The molecule has 3 rings (SSSR count). The van der Waals surface area contributed by atoms with E-state index in [9.17, 15) is 14.4 Å². The Kier molecular flexibility index (Phi) is 8.82. The molecule has 1 fully saturated rings. The number of hydrazine groups is 1. The second kappa shape index (κ2) is 11.8. The van der Waals surface area contributed by atoms with E-state index in [1.165, 1.54) is 0 Å². The maximum Gasteiger partial charge on any atom is 0.269 e. The van der Waals surface area contributed by atoms with E-state index in [4.69, 9.17) is 0 Å². The molecule has 0 radical (unpaired) electrons. The van der Waals surface area contributed by atoms with E-state index >= 15 is 0 Å². The van der Waals surface area contributed by atoms with Gasteiger partial charge in [0.25, 0.3) is 5.91 Å². The smallest absolute Gasteiger partial charge is 0.269 e. The van der Waals surface area contributed by atoms with E-state index in [1.807, 2.05) is 39.0 Å². The molecule has 8 nitrogen and oxygen atoms in total. The number of thioether (sulfide) groups is 1. The molecule has 3 amide bonds. The van der Waals surface area contributed by atoms with Crippen LogP contribution in [0.15, 0.2) is 35.5 Å². The number of nitrogens with zero attached hydrogens (tertiary/aromatic N) is 3. The monoisotopic (exact) mass is 469 g/mol. The van der Waals surface area contributed by atoms with E-state index in [-0.39, 0.29) is 23.6 Å². The predicted octanol–water partition coefficient (Wildman–Crippen LogP) is 3.19. The summed E-state index contributed by atoms with van der Waals surface area (Å²) in [6.07, 6.45) is 2.78. The number of aromatic nitrogens is 2. The van der Waals surface area contributed by atoms with Gasteiger partial charge in [-0.25, -0.2) is 9.97 Å². The van der Waals surface area contributed by atoms with Crippen LogP contribution in [-0.2, 0) is 15.3 Å². The number of benzene rings is 1. The minimum atomic E-state index is -0.380. The summed E-state index contributed by atoms with van der Waals surface area (Å²) < 4.78 is 0. The van der Waals surface area contributed by atoms with E-state index < -0.39 is 0 Å². The Morgan fingerprint density at radius 1 is 1.09 bits per heavy atom. The number of hydrogen-bond donors (Lipinski definition) is 2. The Balaban J connectivity index is 1.47. The van der Waals surface area contributed by atoms with Crippen molar-refractivity contribution in [3.63, 3.8) is 0 Å². The summed E-state index contributed by atoms with van der Waals surface area (Å²) in [7, 11) is 0. The van der Waals surface area contributed by atoms with Crippen LogP contribution in [0, 0.1) is 19.8 Å². The normalized spacial score (nSPS) is 15.7. The second-order valence-electron chi connectivity index (χ2n) is 8.29. The number of rotatable bonds is 7. The highest BCUT2D eigenvalue weighted by Gasteiger charge is 2.28. The molecule has 0 bridgehead atoms. The van der Waals surface area contributed by atoms with Gasteiger partial charge in [-0.2, -0.15) is 0 Å². The molecule has 0 aliphatic carbocycles.